The van der Waals surface area contributed by atoms with E-state index in [-0.39, 0.29) is 17.5 Å². The van der Waals surface area contributed by atoms with Crippen molar-refractivity contribution in [2.75, 3.05) is 19.3 Å². The van der Waals surface area contributed by atoms with E-state index in [2.05, 4.69) is 24.0 Å². The molecule has 1 fully saturated rings. The fourth-order valence-electron chi connectivity index (χ4n) is 2.55. The van der Waals surface area contributed by atoms with Gasteiger partial charge in [0.2, 0.25) is 5.82 Å². The standard InChI is InChI=1S/C11H19N5O2/c1-7-6-9(4-5-14(7)3)15-11(12)10(16(17)18)8(2)13-15/h7,9H,4-6,12H2,1-3H3. The molecule has 7 heteroatoms. The topological polar surface area (TPSA) is 90.2 Å². The summed E-state index contributed by atoms with van der Waals surface area (Å²) in [4.78, 5) is 12.7. The summed E-state index contributed by atoms with van der Waals surface area (Å²) in [6.07, 6.45) is 1.84. The first-order valence-corrected chi connectivity index (χ1v) is 6.11. The molecule has 1 saturated heterocycles. The van der Waals surface area contributed by atoms with Crippen LogP contribution in [0.3, 0.4) is 0 Å². The van der Waals surface area contributed by atoms with E-state index in [0.717, 1.165) is 19.4 Å². The first-order chi connectivity index (χ1) is 8.41. The summed E-state index contributed by atoms with van der Waals surface area (Å²) in [5, 5.41) is 15.2. The van der Waals surface area contributed by atoms with Gasteiger partial charge in [-0.15, -0.1) is 0 Å². The second-order valence-electron chi connectivity index (χ2n) is 5.03. The number of piperidine rings is 1. The van der Waals surface area contributed by atoms with Crippen molar-refractivity contribution in [3.63, 3.8) is 0 Å². The number of aromatic nitrogens is 2. The van der Waals surface area contributed by atoms with E-state index in [4.69, 9.17) is 5.73 Å². The van der Waals surface area contributed by atoms with E-state index < -0.39 is 4.92 Å². The van der Waals surface area contributed by atoms with Crippen LogP contribution in [0.1, 0.15) is 31.5 Å². The lowest BCUT2D eigenvalue weighted by atomic mass is 9.99. The lowest BCUT2D eigenvalue weighted by Crippen LogP contribution is -2.38. The molecule has 2 N–H and O–H groups in total. The summed E-state index contributed by atoms with van der Waals surface area (Å²) in [5.74, 6) is 0.180. The zero-order valence-electron chi connectivity index (χ0n) is 11.0. The number of aryl methyl sites for hydroxylation is 1. The third-order valence-electron chi connectivity index (χ3n) is 3.80. The Kier molecular flexibility index (Phi) is 3.25. The monoisotopic (exact) mass is 253 g/mol. The van der Waals surface area contributed by atoms with Crippen LogP contribution < -0.4 is 5.73 Å². The van der Waals surface area contributed by atoms with Gasteiger partial charge in [0.1, 0.15) is 5.69 Å². The first kappa shape index (κ1) is 12.8. The molecule has 2 unspecified atom stereocenters. The lowest BCUT2D eigenvalue weighted by molar-refractivity contribution is -0.384. The molecular formula is C11H19N5O2. The van der Waals surface area contributed by atoms with Crippen molar-refractivity contribution in [3.8, 4) is 0 Å². The quantitative estimate of drug-likeness (QED) is 0.634. The molecule has 1 aromatic heterocycles. The number of nitrogen functional groups attached to an aromatic ring is 1. The predicted octanol–water partition coefficient (Wildman–Crippen LogP) is 1.34. The van der Waals surface area contributed by atoms with Gasteiger partial charge in [0.15, 0.2) is 0 Å². The minimum atomic E-state index is -0.452. The lowest BCUT2D eigenvalue weighted by Gasteiger charge is -2.35. The van der Waals surface area contributed by atoms with Crippen molar-refractivity contribution in [1.82, 2.24) is 14.7 Å². The number of hydrogen-bond acceptors (Lipinski definition) is 5. The van der Waals surface area contributed by atoms with Gasteiger partial charge in [-0.05, 0) is 33.7 Å². The van der Waals surface area contributed by atoms with Crippen molar-refractivity contribution in [2.24, 2.45) is 0 Å². The van der Waals surface area contributed by atoms with E-state index in [9.17, 15) is 10.1 Å². The van der Waals surface area contributed by atoms with Gasteiger partial charge in [0.05, 0.1) is 11.0 Å². The van der Waals surface area contributed by atoms with Crippen LogP contribution >= 0.6 is 0 Å². The molecule has 7 nitrogen and oxygen atoms in total. The summed E-state index contributed by atoms with van der Waals surface area (Å²) in [5.41, 5.74) is 6.20. The highest BCUT2D eigenvalue weighted by molar-refractivity contribution is 5.56. The molecule has 2 heterocycles. The van der Waals surface area contributed by atoms with Gasteiger partial charge >= 0.3 is 5.69 Å². The Morgan fingerprint density at radius 2 is 2.22 bits per heavy atom. The Morgan fingerprint density at radius 3 is 2.72 bits per heavy atom. The average Bonchev–Trinajstić information content (AvgIpc) is 2.58. The SMILES string of the molecule is Cc1nn(C2CCN(C)C(C)C2)c(N)c1[N+](=O)[O-]. The van der Waals surface area contributed by atoms with Gasteiger partial charge in [-0.3, -0.25) is 10.1 Å². The molecular weight excluding hydrogens is 234 g/mol. The van der Waals surface area contributed by atoms with Crippen LogP contribution in [0, 0.1) is 17.0 Å². The maximum absolute atomic E-state index is 10.9. The molecule has 0 amide bonds. The number of hydrogen-bond donors (Lipinski definition) is 1. The van der Waals surface area contributed by atoms with Crippen molar-refractivity contribution in [3.05, 3.63) is 15.8 Å². The zero-order chi connectivity index (χ0) is 13.4. The second-order valence-corrected chi connectivity index (χ2v) is 5.03. The molecule has 100 valence electrons. The molecule has 0 radical (unpaired) electrons. The molecule has 0 spiro atoms. The van der Waals surface area contributed by atoms with Gasteiger partial charge < -0.3 is 10.6 Å². The Morgan fingerprint density at radius 1 is 1.56 bits per heavy atom. The fourth-order valence-corrected chi connectivity index (χ4v) is 2.55. The van der Waals surface area contributed by atoms with E-state index in [1.54, 1.807) is 11.6 Å². The molecule has 0 aliphatic carbocycles. The van der Waals surface area contributed by atoms with Crippen molar-refractivity contribution >= 4 is 11.5 Å². The summed E-state index contributed by atoms with van der Waals surface area (Å²) in [6, 6.07) is 0.593. The van der Waals surface area contributed by atoms with Crippen LogP contribution in [0.4, 0.5) is 11.5 Å². The molecule has 0 bridgehead atoms. The summed E-state index contributed by atoms with van der Waals surface area (Å²) >= 11 is 0. The molecule has 2 atom stereocenters. The molecule has 1 aromatic rings. The minimum absolute atomic E-state index is 0.0541. The molecule has 0 saturated carbocycles. The van der Waals surface area contributed by atoms with Crippen LogP contribution in [0.15, 0.2) is 0 Å². The second kappa shape index (κ2) is 4.56. The summed E-state index contributed by atoms with van der Waals surface area (Å²) < 4.78 is 1.64. The van der Waals surface area contributed by atoms with Crippen LogP contribution in [0.2, 0.25) is 0 Å². The average molecular weight is 253 g/mol. The van der Waals surface area contributed by atoms with Crippen LogP contribution in [0.25, 0.3) is 0 Å². The van der Waals surface area contributed by atoms with Crippen LogP contribution in [-0.2, 0) is 0 Å². The van der Waals surface area contributed by atoms with Crippen molar-refractivity contribution in [2.45, 2.75) is 38.8 Å². The summed E-state index contributed by atoms with van der Waals surface area (Å²) in [7, 11) is 2.08. The zero-order valence-corrected chi connectivity index (χ0v) is 11.0. The maximum Gasteiger partial charge on any atom is 0.333 e. The number of nitrogens with two attached hydrogens (primary N) is 1. The van der Waals surface area contributed by atoms with E-state index in [1.165, 1.54) is 0 Å². The van der Waals surface area contributed by atoms with Gasteiger partial charge in [-0.25, -0.2) is 4.68 Å². The van der Waals surface area contributed by atoms with E-state index in [0.29, 0.717) is 11.7 Å². The van der Waals surface area contributed by atoms with Crippen LogP contribution in [0.5, 0.6) is 0 Å². The van der Waals surface area contributed by atoms with Gasteiger partial charge in [-0.1, -0.05) is 0 Å². The number of nitrogens with zero attached hydrogens (tertiary/aromatic N) is 4. The maximum atomic E-state index is 10.9. The smallest absolute Gasteiger partial charge is 0.333 e. The normalized spacial score (nSPS) is 25.3. The highest BCUT2D eigenvalue weighted by atomic mass is 16.6. The Hall–Kier alpha value is -1.63. The highest BCUT2D eigenvalue weighted by Gasteiger charge is 2.30. The number of nitro groups is 1. The van der Waals surface area contributed by atoms with Crippen molar-refractivity contribution in [1.29, 1.82) is 0 Å². The molecule has 0 aromatic carbocycles. The Bertz CT molecular complexity index is 470. The Balaban J connectivity index is 2.29. The molecule has 18 heavy (non-hydrogen) atoms. The van der Waals surface area contributed by atoms with Gasteiger partial charge in [-0.2, -0.15) is 5.10 Å². The summed E-state index contributed by atoms with van der Waals surface area (Å²) in [6.45, 7) is 4.73. The molecule has 1 aliphatic heterocycles. The van der Waals surface area contributed by atoms with E-state index in [1.807, 2.05) is 0 Å². The van der Waals surface area contributed by atoms with Crippen molar-refractivity contribution < 1.29 is 4.92 Å². The number of anilines is 1. The van der Waals surface area contributed by atoms with E-state index >= 15 is 0 Å². The van der Waals surface area contributed by atoms with Gasteiger partial charge in [0.25, 0.3) is 0 Å². The molecule has 1 aliphatic rings. The Labute approximate surface area is 106 Å². The fraction of sp³-hybridized carbons (Fsp3) is 0.727. The highest BCUT2D eigenvalue weighted by Crippen LogP contribution is 2.33. The number of likely N-dealkylation sites (tertiary alicyclic amines) is 1. The number of rotatable bonds is 2. The third kappa shape index (κ3) is 2.05. The predicted molar refractivity (Wildman–Crippen MR) is 68.4 cm³/mol. The first-order valence-electron chi connectivity index (χ1n) is 6.11. The largest absolute Gasteiger partial charge is 0.378 e. The molecule has 2 rings (SSSR count). The minimum Gasteiger partial charge on any atom is -0.378 e. The van der Waals surface area contributed by atoms with Crippen LogP contribution in [-0.4, -0.2) is 39.2 Å². The third-order valence-corrected chi connectivity index (χ3v) is 3.80. The van der Waals surface area contributed by atoms with Gasteiger partial charge in [0, 0.05) is 12.6 Å².